The second-order valence-corrected chi connectivity index (χ2v) is 11.2. The van der Waals surface area contributed by atoms with E-state index in [1.54, 1.807) is 17.0 Å². The highest BCUT2D eigenvalue weighted by molar-refractivity contribution is 7.91. The smallest absolute Gasteiger partial charge is 0.317 e. The number of amides is 1. The van der Waals surface area contributed by atoms with Crippen LogP contribution in [0.25, 0.3) is 0 Å². The van der Waals surface area contributed by atoms with Crippen LogP contribution in [0.4, 0.5) is 0 Å². The minimum Gasteiger partial charge on any atom is -0.455 e. The Balaban J connectivity index is 1.72. The highest BCUT2D eigenvalue weighted by atomic mass is 35.5. The second-order valence-electron chi connectivity index (χ2n) is 8.49. The fourth-order valence-corrected chi connectivity index (χ4v) is 6.54. The van der Waals surface area contributed by atoms with Crippen LogP contribution in [0.3, 0.4) is 0 Å². The first kappa shape index (κ1) is 23.1. The molecular weight excluding hydrogens is 426 g/mol. The molecule has 2 aliphatic rings. The number of hydrogen-bond donors (Lipinski definition) is 0. The molecule has 0 N–H and O–H groups in total. The van der Waals surface area contributed by atoms with E-state index in [-0.39, 0.29) is 42.1 Å². The van der Waals surface area contributed by atoms with Gasteiger partial charge in [-0.25, -0.2) is 8.42 Å². The normalized spacial score (nSPS) is 23.1. The summed E-state index contributed by atoms with van der Waals surface area (Å²) in [7, 11) is -3.12. The molecule has 0 radical (unpaired) electrons. The zero-order chi connectivity index (χ0) is 21.9. The lowest BCUT2D eigenvalue weighted by Crippen LogP contribution is -2.48. The fraction of sp³-hybridized carbons (Fsp3) is 0.636. The quantitative estimate of drug-likeness (QED) is 0.587. The van der Waals surface area contributed by atoms with E-state index in [1.165, 1.54) is 0 Å². The number of ether oxygens (including phenoxy) is 1. The van der Waals surface area contributed by atoms with Crippen LogP contribution < -0.4 is 0 Å². The zero-order valence-electron chi connectivity index (χ0n) is 17.6. The summed E-state index contributed by atoms with van der Waals surface area (Å²) in [5, 5.41) is 0.603. The van der Waals surface area contributed by atoms with Crippen molar-refractivity contribution in [3.63, 3.8) is 0 Å². The number of halogens is 1. The number of benzene rings is 1. The number of esters is 1. The van der Waals surface area contributed by atoms with Crippen LogP contribution in [-0.4, -0.2) is 55.4 Å². The van der Waals surface area contributed by atoms with Crippen LogP contribution in [0, 0.1) is 0 Å². The summed E-state index contributed by atoms with van der Waals surface area (Å²) in [6.45, 7) is 3.49. The molecule has 1 aliphatic carbocycles. The van der Waals surface area contributed by atoms with E-state index in [9.17, 15) is 18.0 Å². The van der Waals surface area contributed by atoms with Crippen LogP contribution >= 0.6 is 11.6 Å². The molecule has 3 rings (SSSR count). The van der Waals surface area contributed by atoms with Crippen molar-refractivity contribution in [1.82, 2.24) is 4.90 Å². The van der Waals surface area contributed by atoms with Crippen molar-refractivity contribution in [3.8, 4) is 0 Å². The van der Waals surface area contributed by atoms with Crippen molar-refractivity contribution >= 4 is 33.3 Å². The van der Waals surface area contributed by atoms with E-state index in [0.29, 0.717) is 30.7 Å². The van der Waals surface area contributed by atoms with Gasteiger partial charge in [0.2, 0.25) is 0 Å². The van der Waals surface area contributed by atoms with Gasteiger partial charge in [0.15, 0.2) is 16.4 Å². The highest BCUT2D eigenvalue weighted by Gasteiger charge is 2.45. The first-order chi connectivity index (χ1) is 14.2. The van der Waals surface area contributed by atoms with E-state index in [0.717, 1.165) is 18.4 Å². The Morgan fingerprint density at radius 2 is 1.87 bits per heavy atom. The molecule has 30 heavy (non-hydrogen) atoms. The predicted octanol–water partition coefficient (Wildman–Crippen LogP) is 3.51. The van der Waals surface area contributed by atoms with E-state index in [2.05, 4.69) is 0 Å². The molecule has 8 heteroatoms. The molecule has 0 aromatic heterocycles. The average molecular weight is 456 g/mol. The molecule has 1 heterocycles. The van der Waals surface area contributed by atoms with E-state index in [1.807, 2.05) is 26.0 Å². The van der Waals surface area contributed by atoms with Gasteiger partial charge in [0.05, 0.1) is 16.9 Å². The van der Waals surface area contributed by atoms with Crippen LogP contribution in [0.5, 0.6) is 0 Å². The van der Waals surface area contributed by atoms with E-state index in [4.69, 9.17) is 16.3 Å². The molecule has 1 saturated heterocycles. The Morgan fingerprint density at radius 3 is 2.40 bits per heavy atom. The van der Waals surface area contributed by atoms with Gasteiger partial charge in [0.1, 0.15) is 0 Å². The van der Waals surface area contributed by atoms with Crippen molar-refractivity contribution < 1.29 is 22.7 Å². The summed E-state index contributed by atoms with van der Waals surface area (Å²) in [6, 6.07) is 6.76. The van der Waals surface area contributed by atoms with Gasteiger partial charge in [-0.3, -0.25) is 9.59 Å². The van der Waals surface area contributed by atoms with Crippen molar-refractivity contribution in [3.05, 3.63) is 34.9 Å². The van der Waals surface area contributed by atoms with Crippen molar-refractivity contribution in [1.29, 1.82) is 0 Å². The minimum absolute atomic E-state index is 0.0221. The van der Waals surface area contributed by atoms with Crippen LogP contribution in [0.15, 0.2) is 24.3 Å². The van der Waals surface area contributed by atoms with E-state index < -0.39 is 15.3 Å². The Bertz CT molecular complexity index is 877. The number of hydrogen-bond acceptors (Lipinski definition) is 5. The summed E-state index contributed by atoms with van der Waals surface area (Å²) >= 11 is 6.00. The molecule has 1 saturated carbocycles. The van der Waals surface area contributed by atoms with Crippen molar-refractivity contribution in [2.24, 2.45) is 0 Å². The molecule has 6 nitrogen and oxygen atoms in total. The first-order valence-electron chi connectivity index (χ1n) is 10.6. The van der Waals surface area contributed by atoms with Gasteiger partial charge < -0.3 is 9.64 Å². The SMILES string of the molecule is CC[C@H](C)N(C(=O)COC(=O)C1(c2ccc(Cl)cc2)CCCC1)[C@H]1CCS(=O)(=O)C1. The lowest BCUT2D eigenvalue weighted by Gasteiger charge is -2.34. The lowest BCUT2D eigenvalue weighted by atomic mass is 9.79. The number of nitrogens with zero attached hydrogens (tertiary/aromatic N) is 1. The topological polar surface area (TPSA) is 80.8 Å². The second kappa shape index (κ2) is 9.27. The molecule has 1 aromatic rings. The molecule has 1 amide bonds. The maximum Gasteiger partial charge on any atom is 0.317 e. The number of sulfone groups is 1. The third-order valence-electron chi connectivity index (χ3n) is 6.53. The van der Waals surface area contributed by atoms with Crippen LogP contribution in [-0.2, 0) is 29.6 Å². The third-order valence-corrected chi connectivity index (χ3v) is 8.53. The largest absolute Gasteiger partial charge is 0.455 e. The Morgan fingerprint density at radius 1 is 1.23 bits per heavy atom. The van der Waals surface area contributed by atoms with Gasteiger partial charge in [0.25, 0.3) is 5.91 Å². The standard InChI is InChI=1S/C22H30ClNO5S/c1-3-16(2)24(19-10-13-30(27,28)15-19)20(25)14-29-21(26)22(11-4-5-12-22)17-6-8-18(23)9-7-17/h6-9,16,19H,3-5,10-15H2,1-2H3/t16-,19-/m0/s1. The molecule has 2 fully saturated rings. The maximum atomic E-state index is 13.1. The average Bonchev–Trinajstić information content (AvgIpc) is 3.34. The molecule has 1 aliphatic heterocycles. The van der Waals surface area contributed by atoms with Gasteiger partial charge in [-0.15, -0.1) is 0 Å². The fourth-order valence-electron chi connectivity index (χ4n) is 4.70. The molecule has 0 unspecified atom stereocenters. The number of rotatable bonds is 7. The number of carbonyl (C=O) groups is 2. The highest BCUT2D eigenvalue weighted by Crippen LogP contribution is 2.42. The first-order valence-corrected chi connectivity index (χ1v) is 12.8. The van der Waals surface area contributed by atoms with Crippen molar-refractivity contribution in [2.75, 3.05) is 18.1 Å². The Kier molecular flexibility index (Phi) is 7.13. The maximum absolute atomic E-state index is 13.1. The minimum atomic E-state index is -3.12. The Hall–Kier alpha value is -1.60. The van der Waals surface area contributed by atoms with Gasteiger partial charge in [-0.1, -0.05) is 43.5 Å². The summed E-state index contributed by atoms with van der Waals surface area (Å²) in [5.41, 5.74) is 0.116. The van der Waals surface area contributed by atoms with Crippen LogP contribution in [0.2, 0.25) is 5.02 Å². The van der Waals surface area contributed by atoms with Crippen LogP contribution in [0.1, 0.15) is 57.9 Å². The molecular formula is C22H30ClNO5S. The lowest BCUT2D eigenvalue weighted by molar-refractivity contribution is -0.158. The predicted molar refractivity (Wildman–Crippen MR) is 116 cm³/mol. The number of carbonyl (C=O) groups excluding carboxylic acids is 2. The Labute approximate surface area is 183 Å². The van der Waals surface area contributed by atoms with Crippen molar-refractivity contribution in [2.45, 2.75) is 69.9 Å². The molecule has 0 spiro atoms. The summed E-state index contributed by atoms with van der Waals surface area (Å²) in [5.74, 6) is -0.647. The van der Waals surface area contributed by atoms with Gasteiger partial charge in [-0.2, -0.15) is 0 Å². The molecule has 2 atom stereocenters. The zero-order valence-corrected chi connectivity index (χ0v) is 19.2. The summed E-state index contributed by atoms with van der Waals surface area (Å²) in [4.78, 5) is 27.7. The monoisotopic (exact) mass is 455 g/mol. The summed E-state index contributed by atoms with van der Waals surface area (Å²) in [6.07, 6.45) is 4.33. The molecule has 1 aromatic carbocycles. The molecule has 166 valence electrons. The van der Waals surface area contributed by atoms with Gasteiger partial charge in [-0.05, 0) is 50.3 Å². The molecule has 0 bridgehead atoms. The summed E-state index contributed by atoms with van der Waals surface area (Å²) < 4.78 is 29.4. The van der Waals surface area contributed by atoms with E-state index >= 15 is 0 Å². The van der Waals surface area contributed by atoms with Gasteiger partial charge in [0, 0.05) is 17.1 Å². The third kappa shape index (κ3) is 4.83. The van der Waals surface area contributed by atoms with Gasteiger partial charge >= 0.3 is 5.97 Å².